The van der Waals surface area contributed by atoms with Crippen molar-refractivity contribution < 1.29 is 4.79 Å². The van der Waals surface area contributed by atoms with Crippen LogP contribution in [0.1, 0.15) is 22.3 Å². The maximum Gasteiger partial charge on any atom is 0.228 e. The number of hydrogen-bond acceptors (Lipinski definition) is 2. The van der Waals surface area contributed by atoms with Crippen molar-refractivity contribution >= 4 is 11.6 Å². The number of rotatable bonds is 4. The van der Waals surface area contributed by atoms with Crippen molar-refractivity contribution in [2.45, 2.75) is 26.7 Å². The molecule has 0 fully saturated rings. The third-order valence-corrected chi connectivity index (χ3v) is 3.38. The highest BCUT2D eigenvalue weighted by Crippen LogP contribution is 2.14. The van der Waals surface area contributed by atoms with Gasteiger partial charge in [0.2, 0.25) is 5.91 Å². The van der Waals surface area contributed by atoms with Gasteiger partial charge < -0.3 is 5.32 Å². The van der Waals surface area contributed by atoms with E-state index in [1.54, 1.807) is 0 Å². The molecule has 0 aromatic heterocycles. The molecule has 1 N–H and O–H groups in total. The van der Waals surface area contributed by atoms with Crippen molar-refractivity contribution in [3.8, 4) is 6.07 Å². The van der Waals surface area contributed by atoms with Crippen LogP contribution in [-0.4, -0.2) is 5.91 Å². The van der Waals surface area contributed by atoms with Crippen LogP contribution < -0.4 is 5.32 Å². The first-order valence-corrected chi connectivity index (χ1v) is 6.90. The third kappa shape index (κ3) is 4.19. The van der Waals surface area contributed by atoms with E-state index in [-0.39, 0.29) is 5.91 Å². The van der Waals surface area contributed by atoms with Crippen LogP contribution in [-0.2, 0) is 17.6 Å². The van der Waals surface area contributed by atoms with Gasteiger partial charge in [-0.2, -0.15) is 5.26 Å². The summed E-state index contributed by atoms with van der Waals surface area (Å²) in [6, 6.07) is 15.6. The molecule has 2 rings (SSSR count). The number of carbonyl (C=O) groups excluding carboxylic acids is 1. The molecule has 0 spiro atoms. The van der Waals surface area contributed by atoms with E-state index >= 15 is 0 Å². The molecule has 21 heavy (non-hydrogen) atoms. The zero-order valence-corrected chi connectivity index (χ0v) is 12.3. The zero-order chi connectivity index (χ0) is 15.2. The molecular weight excluding hydrogens is 260 g/mol. The van der Waals surface area contributed by atoms with E-state index in [0.29, 0.717) is 12.8 Å². The average Bonchev–Trinajstić information content (AvgIpc) is 2.45. The van der Waals surface area contributed by atoms with E-state index in [0.717, 1.165) is 27.9 Å². The first-order chi connectivity index (χ1) is 10.1. The molecule has 3 heteroatoms. The lowest BCUT2D eigenvalue weighted by atomic mass is 10.0. The van der Waals surface area contributed by atoms with Crippen LogP contribution in [0.15, 0.2) is 42.5 Å². The molecule has 1 amide bonds. The monoisotopic (exact) mass is 278 g/mol. The minimum absolute atomic E-state index is 0.0308. The number of carbonyl (C=O) groups is 1. The fourth-order valence-electron chi connectivity index (χ4n) is 2.17. The van der Waals surface area contributed by atoms with E-state index in [1.807, 2.05) is 56.3 Å². The second kappa shape index (κ2) is 6.71. The van der Waals surface area contributed by atoms with Crippen molar-refractivity contribution in [1.29, 1.82) is 5.26 Å². The summed E-state index contributed by atoms with van der Waals surface area (Å²) in [6.45, 7) is 4.04. The van der Waals surface area contributed by atoms with Crippen molar-refractivity contribution in [1.82, 2.24) is 0 Å². The predicted molar refractivity (Wildman–Crippen MR) is 84.0 cm³/mol. The standard InChI is InChI=1S/C18H18N2O/c1-13-3-4-14(2)16(11-13)12-18(21)20-17-7-5-15(6-8-17)9-10-19/h3-8,11H,9,12H2,1-2H3,(H,20,21). The summed E-state index contributed by atoms with van der Waals surface area (Å²) in [4.78, 5) is 12.1. The first kappa shape index (κ1) is 14.8. The van der Waals surface area contributed by atoms with Crippen LogP contribution in [0.25, 0.3) is 0 Å². The van der Waals surface area contributed by atoms with Crippen LogP contribution in [0.4, 0.5) is 5.69 Å². The Morgan fingerprint density at radius 3 is 2.52 bits per heavy atom. The van der Waals surface area contributed by atoms with Crippen molar-refractivity contribution in [3.05, 3.63) is 64.7 Å². The SMILES string of the molecule is Cc1ccc(C)c(CC(=O)Nc2ccc(CC#N)cc2)c1. The van der Waals surface area contributed by atoms with Gasteiger partial charge in [0.1, 0.15) is 0 Å². The van der Waals surface area contributed by atoms with Crippen LogP contribution in [0.3, 0.4) is 0 Å². The number of nitrogens with one attached hydrogen (secondary N) is 1. The van der Waals surface area contributed by atoms with Gasteiger partial charge >= 0.3 is 0 Å². The summed E-state index contributed by atoms with van der Waals surface area (Å²) in [5, 5.41) is 11.5. The normalized spacial score (nSPS) is 9.95. The van der Waals surface area contributed by atoms with Crippen LogP contribution in [0.5, 0.6) is 0 Å². The molecule has 0 aliphatic carbocycles. The molecule has 0 saturated carbocycles. The highest BCUT2D eigenvalue weighted by molar-refractivity contribution is 5.92. The van der Waals surface area contributed by atoms with E-state index in [2.05, 4.69) is 11.4 Å². The van der Waals surface area contributed by atoms with Gasteiger partial charge in [-0.05, 0) is 42.7 Å². The van der Waals surface area contributed by atoms with Gasteiger partial charge in [-0.3, -0.25) is 4.79 Å². The molecule has 0 aliphatic rings. The van der Waals surface area contributed by atoms with Gasteiger partial charge in [-0.1, -0.05) is 35.9 Å². The Labute approximate surface area is 125 Å². The number of nitrogens with zero attached hydrogens (tertiary/aromatic N) is 1. The molecule has 0 unspecified atom stereocenters. The smallest absolute Gasteiger partial charge is 0.228 e. The van der Waals surface area contributed by atoms with Gasteiger partial charge in [-0.25, -0.2) is 0 Å². The van der Waals surface area contributed by atoms with Crippen molar-refractivity contribution in [2.24, 2.45) is 0 Å². The van der Waals surface area contributed by atoms with E-state index in [9.17, 15) is 4.79 Å². The number of benzene rings is 2. The van der Waals surface area contributed by atoms with Crippen LogP contribution in [0.2, 0.25) is 0 Å². The molecule has 0 radical (unpaired) electrons. The minimum Gasteiger partial charge on any atom is -0.326 e. The summed E-state index contributed by atoms with van der Waals surface area (Å²) in [7, 11) is 0. The lowest BCUT2D eigenvalue weighted by Crippen LogP contribution is -2.15. The first-order valence-electron chi connectivity index (χ1n) is 6.90. The fourth-order valence-corrected chi connectivity index (χ4v) is 2.17. The molecule has 0 atom stereocenters. The topological polar surface area (TPSA) is 52.9 Å². The summed E-state index contributed by atoms with van der Waals surface area (Å²) < 4.78 is 0. The molecule has 0 aliphatic heterocycles. The molecule has 2 aromatic rings. The van der Waals surface area contributed by atoms with Gasteiger partial charge in [0.05, 0.1) is 18.9 Å². The van der Waals surface area contributed by atoms with Gasteiger partial charge in [0.15, 0.2) is 0 Å². The Morgan fingerprint density at radius 2 is 1.86 bits per heavy atom. The fraction of sp³-hybridized carbons (Fsp3) is 0.222. The molecule has 0 bridgehead atoms. The van der Waals surface area contributed by atoms with Gasteiger partial charge in [0, 0.05) is 5.69 Å². The highest BCUT2D eigenvalue weighted by Gasteiger charge is 2.07. The summed E-state index contributed by atoms with van der Waals surface area (Å²) in [5.74, 6) is -0.0308. The van der Waals surface area contributed by atoms with E-state index in [4.69, 9.17) is 5.26 Å². The van der Waals surface area contributed by atoms with E-state index < -0.39 is 0 Å². The average molecular weight is 278 g/mol. The van der Waals surface area contributed by atoms with Crippen molar-refractivity contribution in [3.63, 3.8) is 0 Å². The minimum atomic E-state index is -0.0308. The maximum atomic E-state index is 12.1. The van der Waals surface area contributed by atoms with Crippen LogP contribution >= 0.6 is 0 Å². The highest BCUT2D eigenvalue weighted by atomic mass is 16.1. The van der Waals surface area contributed by atoms with Crippen LogP contribution in [0, 0.1) is 25.2 Å². The molecule has 106 valence electrons. The number of anilines is 1. The Kier molecular flexibility index (Phi) is 4.73. The maximum absolute atomic E-state index is 12.1. The lowest BCUT2D eigenvalue weighted by Gasteiger charge is -2.09. The van der Waals surface area contributed by atoms with Crippen molar-refractivity contribution in [2.75, 3.05) is 5.32 Å². The quantitative estimate of drug-likeness (QED) is 0.929. The Morgan fingerprint density at radius 1 is 1.14 bits per heavy atom. The zero-order valence-electron chi connectivity index (χ0n) is 12.3. The number of nitriles is 1. The molecule has 3 nitrogen and oxygen atoms in total. The Hall–Kier alpha value is -2.60. The van der Waals surface area contributed by atoms with Gasteiger partial charge in [0.25, 0.3) is 0 Å². The lowest BCUT2D eigenvalue weighted by molar-refractivity contribution is -0.115. The Bertz CT molecular complexity index is 681. The number of aryl methyl sites for hydroxylation is 2. The second-order valence-electron chi connectivity index (χ2n) is 5.19. The second-order valence-corrected chi connectivity index (χ2v) is 5.19. The molecule has 0 heterocycles. The Balaban J connectivity index is 2.01. The molecule has 0 saturated heterocycles. The summed E-state index contributed by atoms with van der Waals surface area (Å²) >= 11 is 0. The largest absolute Gasteiger partial charge is 0.326 e. The third-order valence-electron chi connectivity index (χ3n) is 3.38. The molecular formula is C18H18N2O. The van der Waals surface area contributed by atoms with Gasteiger partial charge in [-0.15, -0.1) is 0 Å². The summed E-state index contributed by atoms with van der Waals surface area (Å²) in [6.07, 6.45) is 0.754. The number of hydrogen-bond donors (Lipinski definition) is 1. The number of amides is 1. The molecule has 2 aromatic carbocycles. The van der Waals surface area contributed by atoms with E-state index in [1.165, 1.54) is 0 Å². The summed E-state index contributed by atoms with van der Waals surface area (Å²) in [5.41, 5.74) is 5.04. The predicted octanol–water partition coefficient (Wildman–Crippen LogP) is 3.55.